The molecule has 20 heavy (non-hydrogen) atoms. The molecule has 8 nitrogen and oxygen atoms in total. The molecule has 1 unspecified atom stereocenters. The van der Waals surface area contributed by atoms with E-state index < -0.39 is 5.97 Å². The molecule has 1 heterocycles. The number of amides is 2. The molecular formula is C12H21N5O3. The van der Waals surface area contributed by atoms with Crippen molar-refractivity contribution in [3.8, 4) is 0 Å². The van der Waals surface area contributed by atoms with Crippen LogP contribution in [0.1, 0.15) is 32.0 Å². The number of rotatable bonds is 9. The SMILES string of the molecule is CC(CCC(=O)O)CNC(=O)NCCCc1ncn[nH]1. The zero-order valence-electron chi connectivity index (χ0n) is 11.6. The Bertz CT molecular complexity index is 407. The zero-order chi connectivity index (χ0) is 14.8. The van der Waals surface area contributed by atoms with Crippen LogP contribution in [0.15, 0.2) is 6.33 Å². The van der Waals surface area contributed by atoms with Crippen molar-refractivity contribution in [1.82, 2.24) is 25.8 Å². The Morgan fingerprint density at radius 3 is 2.90 bits per heavy atom. The van der Waals surface area contributed by atoms with Gasteiger partial charge in [-0.2, -0.15) is 5.10 Å². The van der Waals surface area contributed by atoms with Crippen molar-refractivity contribution < 1.29 is 14.7 Å². The lowest BCUT2D eigenvalue weighted by Gasteiger charge is -2.12. The van der Waals surface area contributed by atoms with Gasteiger partial charge in [0.25, 0.3) is 0 Å². The number of aromatic amines is 1. The van der Waals surface area contributed by atoms with Gasteiger partial charge in [0.05, 0.1) is 0 Å². The lowest BCUT2D eigenvalue weighted by Crippen LogP contribution is -2.38. The number of carbonyl (C=O) groups is 2. The van der Waals surface area contributed by atoms with E-state index >= 15 is 0 Å². The number of H-pyrrole nitrogens is 1. The van der Waals surface area contributed by atoms with Crippen LogP contribution in [-0.4, -0.2) is 45.4 Å². The van der Waals surface area contributed by atoms with Gasteiger partial charge >= 0.3 is 12.0 Å². The summed E-state index contributed by atoms with van der Waals surface area (Å²) in [7, 11) is 0. The van der Waals surface area contributed by atoms with Crippen LogP contribution in [0.4, 0.5) is 4.79 Å². The van der Waals surface area contributed by atoms with E-state index in [1.165, 1.54) is 6.33 Å². The van der Waals surface area contributed by atoms with Crippen molar-refractivity contribution in [2.45, 2.75) is 32.6 Å². The minimum Gasteiger partial charge on any atom is -0.481 e. The van der Waals surface area contributed by atoms with Gasteiger partial charge in [0.2, 0.25) is 0 Å². The topological polar surface area (TPSA) is 120 Å². The van der Waals surface area contributed by atoms with Crippen LogP contribution in [0.3, 0.4) is 0 Å². The van der Waals surface area contributed by atoms with Gasteiger partial charge in [-0.1, -0.05) is 6.92 Å². The second-order valence-corrected chi connectivity index (χ2v) is 4.71. The van der Waals surface area contributed by atoms with Crippen molar-refractivity contribution in [1.29, 1.82) is 0 Å². The average molecular weight is 283 g/mol. The van der Waals surface area contributed by atoms with Crippen LogP contribution < -0.4 is 10.6 Å². The monoisotopic (exact) mass is 283 g/mol. The largest absolute Gasteiger partial charge is 0.481 e. The lowest BCUT2D eigenvalue weighted by atomic mass is 10.1. The first-order chi connectivity index (χ1) is 9.58. The Labute approximate surface area is 117 Å². The fraction of sp³-hybridized carbons (Fsp3) is 0.667. The number of aliphatic carboxylic acids is 1. The average Bonchev–Trinajstić information content (AvgIpc) is 2.92. The quantitative estimate of drug-likeness (QED) is 0.493. The maximum atomic E-state index is 11.5. The van der Waals surface area contributed by atoms with E-state index in [4.69, 9.17) is 5.11 Å². The van der Waals surface area contributed by atoms with E-state index in [0.717, 1.165) is 18.7 Å². The van der Waals surface area contributed by atoms with E-state index in [-0.39, 0.29) is 18.4 Å². The Morgan fingerprint density at radius 1 is 1.45 bits per heavy atom. The molecule has 1 aromatic heterocycles. The number of urea groups is 1. The van der Waals surface area contributed by atoms with Gasteiger partial charge < -0.3 is 15.7 Å². The van der Waals surface area contributed by atoms with Crippen LogP contribution in [0.2, 0.25) is 0 Å². The van der Waals surface area contributed by atoms with Gasteiger partial charge in [-0.25, -0.2) is 9.78 Å². The van der Waals surface area contributed by atoms with Crippen molar-refractivity contribution in [3.05, 3.63) is 12.2 Å². The molecule has 112 valence electrons. The second kappa shape index (κ2) is 8.89. The van der Waals surface area contributed by atoms with Crippen molar-refractivity contribution >= 4 is 12.0 Å². The fourth-order valence-corrected chi connectivity index (χ4v) is 1.61. The van der Waals surface area contributed by atoms with Crippen molar-refractivity contribution in [2.75, 3.05) is 13.1 Å². The number of aromatic nitrogens is 3. The van der Waals surface area contributed by atoms with Gasteiger partial charge in [-0.15, -0.1) is 0 Å². The van der Waals surface area contributed by atoms with E-state index in [9.17, 15) is 9.59 Å². The minimum absolute atomic E-state index is 0.127. The molecule has 0 saturated heterocycles. The molecule has 0 saturated carbocycles. The highest BCUT2D eigenvalue weighted by Crippen LogP contribution is 2.03. The van der Waals surface area contributed by atoms with E-state index in [0.29, 0.717) is 19.5 Å². The standard InChI is InChI=1S/C12H21N5O3/c1-9(4-5-11(18)19)7-14-12(20)13-6-2-3-10-15-8-16-17-10/h8-9H,2-7H2,1H3,(H,18,19)(H2,13,14,20)(H,15,16,17). The molecule has 0 spiro atoms. The normalized spacial score (nSPS) is 11.8. The van der Waals surface area contributed by atoms with E-state index in [1.54, 1.807) is 0 Å². The van der Waals surface area contributed by atoms with Crippen molar-refractivity contribution in [3.63, 3.8) is 0 Å². The number of carboxylic acid groups (broad SMARTS) is 1. The summed E-state index contributed by atoms with van der Waals surface area (Å²) in [5.74, 6) is 0.134. The summed E-state index contributed by atoms with van der Waals surface area (Å²) in [5, 5.41) is 20.5. The molecule has 0 bridgehead atoms. The molecule has 0 radical (unpaired) electrons. The third-order valence-electron chi connectivity index (χ3n) is 2.80. The molecule has 1 aromatic rings. The van der Waals surface area contributed by atoms with Crippen LogP contribution >= 0.6 is 0 Å². The predicted octanol–water partition coefficient (Wildman–Crippen LogP) is 0.537. The van der Waals surface area contributed by atoms with Gasteiger partial charge in [0.1, 0.15) is 12.2 Å². The number of hydrogen-bond acceptors (Lipinski definition) is 4. The molecule has 8 heteroatoms. The summed E-state index contributed by atoms with van der Waals surface area (Å²) in [5.41, 5.74) is 0. The van der Waals surface area contributed by atoms with Crippen LogP contribution in [-0.2, 0) is 11.2 Å². The number of nitrogens with one attached hydrogen (secondary N) is 3. The summed E-state index contributed by atoms with van der Waals surface area (Å²) in [4.78, 5) is 25.9. The first kappa shape index (κ1) is 15.9. The highest BCUT2D eigenvalue weighted by atomic mass is 16.4. The zero-order valence-corrected chi connectivity index (χ0v) is 11.6. The summed E-state index contributed by atoms with van der Waals surface area (Å²) in [6, 6.07) is -0.232. The predicted molar refractivity (Wildman–Crippen MR) is 72.1 cm³/mol. The van der Waals surface area contributed by atoms with Gasteiger partial charge in [0, 0.05) is 25.9 Å². The molecule has 0 fully saturated rings. The first-order valence-corrected chi connectivity index (χ1v) is 6.65. The number of carboxylic acids is 1. The number of hydrogen-bond donors (Lipinski definition) is 4. The molecule has 0 aliphatic rings. The fourth-order valence-electron chi connectivity index (χ4n) is 1.61. The molecule has 0 aliphatic heterocycles. The van der Waals surface area contributed by atoms with Crippen LogP contribution in [0.25, 0.3) is 0 Å². The third kappa shape index (κ3) is 7.34. The van der Waals surface area contributed by atoms with E-state index in [1.807, 2.05) is 6.92 Å². The highest BCUT2D eigenvalue weighted by molar-refractivity contribution is 5.73. The number of nitrogens with zero attached hydrogens (tertiary/aromatic N) is 2. The maximum absolute atomic E-state index is 11.5. The molecule has 0 aromatic carbocycles. The van der Waals surface area contributed by atoms with Crippen molar-refractivity contribution in [2.24, 2.45) is 5.92 Å². The number of carbonyl (C=O) groups excluding carboxylic acids is 1. The first-order valence-electron chi connectivity index (χ1n) is 6.65. The molecule has 1 atom stereocenters. The Balaban J connectivity index is 2.01. The second-order valence-electron chi connectivity index (χ2n) is 4.71. The summed E-state index contributed by atoms with van der Waals surface area (Å²) in [6.07, 6.45) is 3.64. The van der Waals surface area contributed by atoms with Crippen LogP contribution in [0.5, 0.6) is 0 Å². The van der Waals surface area contributed by atoms with Gasteiger partial charge in [0.15, 0.2) is 0 Å². The minimum atomic E-state index is -0.811. The molecule has 0 aliphatic carbocycles. The molecule has 4 N–H and O–H groups in total. The molecular weight excluding hydrogens is 262 g/mol. The highest BCUT2D eigenvalue weighted by Gasteiger charge is 2.07. The Morgan fingerprint density at radius 2 is 2.25 bits per heavy atom. The summed E-state index contributed by atoms with van der Waals surface area (Å²) in [6.45, 7) is 2.93. The van der Waals surface area contributed by atoms with Gasteiger partial charge in [-0.05, 0) is 18.8 Å². The Hall–Kier alpha value is -2.12. The van der Waals surface area contributed by atoms with Crippen LogP contribution in [0, 0.1) is 5.92 Å². The summed E-state index contributed by atoms with van der Waals surface area (Å²) < 4.78 is 0. The summed E-state index contributed by atoms with van der Waals surface area (Å²) >= 11 is 0. The molecule has 1 rings (SSSR count). The molecule has 2 amide bonds. The maximum Gasteiger partial charge on any atom is 0.314 e. The van der Waals surface area contributed by atoms with E-state index in [2.05, 4.69) is 25.8 Å². The smallest absolute Gasteiger partial charge is 0.314 e. The third-order valence-corrected chi connectivity index (χ3v) is 2.80. The Kier molecular flexibility index (Phi) is 7.08. The van der Waals surface area contributed by atoms with Gasteiger partial charge in [-0.3, -0.25) is 9.89 Å². The lowest BCUT2D eigenvalue weighted by molar-refractivity contribution is -0.137. The number of aryl methyl sites for hydroxylation is 1.